The summed E-state index contributed by atoms with van der Waals surface area (Å²) in [6.07, 6.45) is 1.79. The van der Waals surface area contributed by atoms with E-state index < -0.39 is 29.7 Å². The number of carbonyl (C=O) groups is 3. The normalized spacial score (nSPS) is 18.5. The van der Waals surface area contributed by atoms with Crippen molar-refractivity contribution in [2.45, 2.75) is 38.6 Å². The van der Waals surface area contributed by atoms with Crippen LogP contribution in [-0.4, -0.2) is 35.5 Å². The Morgan fingerprint density at radius 1 is 1.42 bits per heavy atom. The molecule has 2 amide bonds. The second-order valence-electron chi connectivity index (χ2n) is 5.90. The average Bonchev–Trinajstić information content (AvgIpc) is 2.93. The molecule has 0 spiro atoms. The predicted molar refractivity (Wildman–Crippen MR) is 86.0 cm³/mol. The average molecular weight is 336 g/mol. The van der Waals surface area contributed by atoms with E-state index in [0.29, 0.717) is 12.8 Å². The zero-order valence-electron chi connectivity index (χ0n) is 13.5. The van der Waals surface area contributed by atoms with E-state index in [4.69, 9.17) is 5.11 Å². The monoisotopic (exact) mass is 336 g/mol. The highest BCUT2D eigenvalue weighted by Gasteiger charge is 2.37. The minimum absolute atomic E-state index is 0.0473. The smallest absolute Gasteiger partial charge is 0.326 e. The van der Waals surface area contributed by atoms with Gasteiger partial charge >= 0.3 is 5.97 Å². The number of carboxylic acid groups (broad SMARTS) is 1. The van der Waals surface area contributed by atoms with Crippen LogP contribution in [-0.2, 0) is 14.4 Å². The minimum atomic E-state index is -1.09. The maximum absolute atomic E-state index is 13.8. The number of benzene rings is 1. The number of rotatable bonds is 7. The number of hydrogen-bond donors (Lipinski definition) is 2. The first-order valence-electron chi connectivity index (χ1n) is 8.02. The van der Waals surface area contributed by atoms with Crippen molar-refractivity contribution >= 4 is 23.5 Å². The van der Waals surface area contributed by atoms with E-state index in [-0.39, 0.29) is 24.6 Å². The van der Waals surface area contributed by atoms with Gasteiger partial charge in [-0.15, -0.1) is 0 Å². The first-order valence-corrected chi connectivity index (χ1v) is 8.02. The molecular formula is C17H21FN2O4. The molecule has 1 saturated heterocycles. The molecular weight excluding hydrogens is 315 g/mol. The summed E-state index contributed by atoms with van der Waals surface area (Å²) in [5.41, 5.74) is 0.138. The Morgan fingerprint density at radius 3 is 2.75 bits per heavy atom. The first kappa shape index (κ1) is 17.9. The van der Waals surface area contributed by atoms with Crippen LogP contribution < -0.4 is 10.2 Å². The van der Waals surface area contributed by atoms with Gasteiger partial charge in [0.2, 0.25) is 11.8 Å². The molecule has 0 bridgehead atoms. The van der Waals surface area contributed by atoms with Gasteiger partial charge in [-0.25, -0.2) is 9.18 Å². The predicted octanol–water partition coefficient (Wildman–Crippen LogP) is 1.94. The van der Waals surface area contributed by atoms with Crippen molar-refractivity contribution < 1.29 is 23.9 Å². The fraction of sp³-hybridized carbons (Fsp3) is 0.471. The van der Waals surface area contributed by atoms with Gasteiger partial charge in [0, 0.05) is 13.0 Å². The van der Waals surface area contributed by atoms with Crippen LogP contribution in [0.2, 0.25) is 0 Å². The zero-order valence-corrected chi connectivity index (χ0v) is 13.5. The van der Waals surface area contributed by atoms with Crippen molar-refractivity contribution in [3.8, 4) is 0 Å². The Hall–Kier alpha value is -2.44. The lowest BCUT2D eigenvalue weighted by atomic mass is 10.1. The Labute approximate surface area is 139 Å². The second-order valence-corrected chi connectivity index (χ2v) is 5.90. The first-order chi connectivity index (χ1) is 11.4. The van der Waals surface area contributed by atoms with Crippen LogP contribution in [0.25, 0.3) is 0 Å². The molecule has 1 heterocycles. The van der Waals surface area contributed by atoms with Crippen molar-refractivity contribution in [2.75, 3.05) is 11.4 Å². The van der Waals surface area contributed by atoms with E-state index in [9.17, 15) is 18.8 Å². The van der Waals surface area contributed by atoms with Gasteiger partial charge in [-0.1, -0.05) is 31.9 Å². The summed E-state index contributed by atoms with van der Waals surface area (Å²) in [6.45, 7) is 1.98. The van der Waals surface area contributed by atoms with Crippen LogP contribution in [0.5, 0.6) is 0 Å². The van der Waals surface area contributed by atoms with Crippen LogP contribution >= 0.6 is 0 Å². The molecule has 1 aromatic rings. The van der Waals surface area contributed by atoms with Crippen LogP contribution in [0.1, 0.15) is 32.6 Å². The van der Waals surface area contributed by atoms with E-state index in [1.165, 1.54) is 23.1 Å². The summed E-state index contributed by atoms with van der Waals surface area (Å²) in [5, 5.41) is 11.7. The maximum Gasteiger partial charge on any atom is 0.326 e. The Kier molecular flexibility index (Phi) is 5.89. The lowest BCUT2D eigenvalue weighted by Crippen LogP contribution is -2.44. The molecule has 6 nitrogen and oxygen atoms in total. The van der Waals surface area contributed by atoms with Crippen molar-refractivity contribution in [1.29, 1.82) is 0 Å². The van der Waals surface area contributed by atoms with Gasteiger partial charge in [0.05, 0.1) is 11.6 Å². The molecule has 0 saturated carbocycles. The van der Waals surface area contributed by atoms with Gasteiger partial charge in [-0.3, -0.25) is 9.59 Å². The molecule has 1 unspecified atom stereocenters. The largest absolute Gasteiger partial charge is 0.480 e. The van der Waals surface area contributed by atoms with Crippen molar-refractivity contribution in [3.63, 3.8) is 0 Å². The quantitative estimate of drug-likeness (QED) is 0.797. The van der Waals surface area contributed by atoms with E-state index in [0.717, 1.165) is 6.42 Å². The van der Waals surface area contributed by atoms with Crippen LogP contribution in [0.4, 0.5) is 10.1 Å². The number of unbranched alkanes of at least 4 members (excludes halogenated alkanes) is 1. The van der Waals surface area contributed by atoms with Crippen molar-refractivity contribution in [3.05, 3.63) is 30.1 Å². The third kappa shape index (κ3) is 4.10. The Bertz CT molecular complexity index is 635. The van der Waals surface area contributed by atoms with Crippen LogP contribution in [0, 0.1) is 11.7 Å². The van der Waals surface area contributed by atoms with E-state index in [1.807, 2.05) is 6.92 Å². The number of amides is 2. The molecule has 0 aliphatic carbocycles. The van der Waals surface area contributed by atoms with Gasteiger partial charge in [-0.05, 0) is 18.6 Å². The summed E-state index contributed by atoms with van der Waals surface area (Å²) in [5.74, 6) is -3.13. The number of anilines is 1. The highest BCUT2D eigenvalue weighted by molar-refractivity contribution is 6.00. The lowest BCUT2D eigenvalue weighted by Gasteiger charge is -2.19. The summed E-state index contributed by atoms with van der Waals surface area (Å²) < 4.78 is 13.8. The highest BCUT2D eigenvalue weighted by Crippen LogP contribution is 2.27. The van der Waals surface area contributed by atoms with Gasteiger partial charge < -0.3 is 15.3 Å². The summed E-state index contributed by atoms with van der Waals surface area (Å²) in [7, 11) is 0. The fourth-order valence-corrected chi connectivity index (χ4v) is 2.74. The Balaban J connectivity index is 2.03. The number of halogens is 1. The van der Waals surface area contributed by atoms with Crippen molar-refractivity contribution in [1.82, 2.24) is 5.32 Å². The number of carbonyl (C=O) groups excluding carboxylic acids is 2. The molecule has 2 atom stereocenters. The van der Waals surface area contributed by atoms with Crippen LogP contribution in [0.15, 0.2) is 24.3 Å². The SMILES string of the molecule is CCCC[C@H](NC(=O)C1CC(=O)N(c2ccccc2F)C1)C(=O)O. The van der Waals surface area contributed by atoms with E-state index in [2.05, 4.69) is 5.32 Å². The van der Waals surface area contributed by atoms with Crippen molar-refractivity contribution in [2.24, 2.45) is 5.92 Å². The molecule has 1 aliphatic heterocycles. The van der Waals surface area contributed by atoms with Crippen LogP contribution in [0.3, 0.4) is 0 Å². The third-order valence-corrected chi connectivity index (χ3v) is 4.10. The summed E-state index contributed by atoms with van der Waals surface area (Å²) >= 11 is 0. The molecule has 0 aromatic heterocycles. The lowest BCUT2D eigenvalue weighted by molar-refractivity contribution is -0.142. The number of para-hydroxylation sites is 1. The second kappa shape index (κ2) is 7.90. The molecule has 24 heavy (non-hydrogen) atoms. The number of nitrogens with one attached hydrogen (secondary N) is 1. The molecule has 2 N–H and O–H groups in total. The van der Waals surface area contributed by atoms with Gasteiger partial charge in [0.15, 0.2) is 0 Å². The Morgan fingerprint density at radius 2 is 2.12 bits per heavy atom. The number of aliphatic carboxylic acids is 1. The molecule has 0 radical (unpaired) electrons. The third-order valence-electron chi connectivity index (χ3n) is 4.10. The summed E-state index contributed by atoms with van der Waals surface area (Å²) in [4.78, 5) is 36.8. The van der Waals surface area contributed by atoms with E-state index >= 15 is 0 Å². The minimum Gasteiger partial charge on any atom is -0.480 e. The molecule has 130 valence electrons. The summed E-state index contributed by atoms with van der Waals surface area (Å²) in [6, 6.07) is 4.91. The standard InChI is InChI=1S/C17H21FN2O4/c1-2-3-7-13(17(23)24)19-16(22)11-9-15(21)20(10-11)14-8-5-4-6-12(14)18/h4-6,8,11,13H,2-3,7,9-10H2,1H3,(H,19,22)(H,23,24)/t11?,13-/m0/s1. The number of nitrogens with zero attached hydrogens (tertiary/aromatic N) is 1. The fourth-order valence-electron chi connectivity index (χ4n) is 2.74. The maximum atomic E-state index is 13.8. The number of hydrogen-bond acceptors (Lipinski definition) is 3. The van der Waals surface area contributed by atoms with Gasteiger partial charge in [0.25, 0.3) is 0 Å². The molecule has 1 aromatic carbocycles. The van der Waals surface area contributed by atoms with E-state index in [1.54, 1.807) is 6.07 Å². The van der Waals surface area contributed by atoms with Gasteiger partial charge in [0.1, 0.15) is 11.9 Å². The zero-order chi connectivity index (χ0) is 17.7. The molecule has 1 aliphatic rings. The van der Waals surface area contributed by atoms with Gasteiger partial charge in [-0.2, -0.15) is 0 Å². The topological polar surface area (TPSA) is 86.7 Å². The highest BCUT2D eigenvalue weighted by atomic mass is 19.1. The molecule has 2 rings (SSSR count). The number of carboxylic acids is 1. The molecule has 7 heteroatoms. The molecule has 1 fully saturated rings.